The molecule has 0 saturated carbocycles. The Morgan fingerprint density at radius 1 is 1.07 bits per heavy atom. The van der Waals surface area contributed by atoms with Gasteiger partial charge in [0.15, 0.2) is 5.69 Å². The predicted molar refractivity (Wildman–Crippen MR) is 108 cm³/mol. The molecular weight excluding hydrogens is 353 g/mol. The third kappa shape index (κ3) is 3.44. The van der Waals surface area contributed by atoms with Crippen molar-refractivity contribution in [2.45, 2.75) is 32.7 Å². The van der Waals surface area contributed by atoms with Gasteiger partial charge in [0, 0.05) is 20.1 Å². The Kier molecular flexibility index (Phi) is 4.75. The van der Waals surface area contributed by atoms with E-state index in [4.69, 9.17) is 0 Å². The van der Waals surface area contributed by atoms with Crippen LogP contribution in [0.15, 0.2) is 48.5 Å². The molecular formula is C23H24FN3O. The lowest BCUT2D eigenvalue weighted by molar-refractivity contribution is 0.0728. The van der Waals surface area contributed by atoms with E-state index in [9.17, 15) is 9.18 Å². The van der Waals surface area contributed by atoms with Gasteiger partial charge in [-0.2, -0.15) is 5.10 Å². The standard InChI is InChI=1S/C23H24FN3O/c1-15(2)18-5-4-16-10-11-27(14-19(16)12-18)23(28)21-13-22(26(3)25-21)17-6-8-20(24)9-7-17/h4-9,12-13,15H,10-11,14H2,1-3H3. The molecule has 1 amide bonds. The highest BCUT2D eigenvalue weighted by Gasteiger charge is 2.25. The van der Waals surface area contributed by atoms with Gasteiger partial charge < -0.3 is 4.90 Å². The predicted octanol–water partition coefficient (Wildman–Crippen LogP) is 4.55. The van der Waals surface area contributed by atoms with Gasteiger partial charge in [-0.1, -0.05) is 32.0 Å². The van der Waals surface area contributed by atoms with Gasteiger partial charge in [0.25, 0.3) is 5.91 Å². The van der Waals surface area contributed by atoms with E-state index in [0.717, 1.165) is 17.7 Å². The Labute approximate surface area is 164 Å². The van der Waals surface area contributed by atoms with Crippen molar-refractivity contribution in [3.05, 3.63) is 76.7 Å². The molecule has 0 aliphatic carbocycles. The largest absolute Gasteiger partial charge is 0.333 e. The number of hydrogen-bond acceptors (Lipinski definition) is 2. The van der Waals surface area contributed by atoms with Crippen LogP contribution in [0.3, 0.4) is 0 Å². The van der Waals surface area contributed by atoms with Crippen molar-refractivity contribution in [1.29, 1.82) is 0 Å². The number of amides is 1. The summed E-state index contributed by atoms with van der Waals surface area (Å²) in [5.74, 6) is 0.116. The third-order valence-electron chi connectivity index (χ3n) is 5.44. The number of halogens is 1. The van der Waals surface area contributed by atoms with E-state index in [2.05, 4.69) is 37.1 Å². The van der Waals surface area contributed by atoms with E-state index in [1.807, 2.05) is 4.90 Å². The molecule has 0 fully saturated rings. The van der Waals surface area contributed by atoms with Gasteiger partial charge in [0.1, 0.15) is 5.82 Å². The zero-order valence-corrected chi connectivity index (χ0v) is 16.4. The summed E-state index contributed by atoms with van der Waals surface area (Å²) >= 11 is 0. The van der Waals surface area contributed by atoms with Crippen molar-refractivity contribution in [1.82, 2.24) is 14.7 Å². The fourth-order valence-corrected chi connectivity index (χ4v) is 3.73. The fourth-order valence-electron chi connectivity index (χ4n) is 3.73. The normalized spacial score (nSPS) is 13.7. The van der Waals surface area contributed by atoms with Crippen LogP contribution in [0, 0.1) is 5.82 Å². The van der Waals surface area contributed by atoms with E-state index in [0.29, 0.717) is 24.7 Å². The van der Waals surface area contributed by atoms with Gasteiger partial charge >= 0.3 is 0 Å². The molecule has 4 nitrogen and oxygen atoms in total. The minimum atomic E-state index is -0.282. The van der Waals surface area contributed by atoms with Crippen molar-refractivity contribution in [2.75, 3.05) is 6.54 Å². The van der Waals surface area contributed by atoms with Gasteiger partial charge in [-0.25, -0.2) is 4.39 Å². The van der Waals surface area contributed by atoms with Crippen LogP contribution < -0.4 is 0 Å². The van der Waals surface area contributed by atoms with Gasteiger partial charge in [-0.3, -0.25) is 9.48 Å². The fraction of sp³-hybridized carbons (Fsp3) is 0.304. The van der Waals surface area contributed by atoms with Crippen LogP contribution in [0.4, 0.5) is 4.39 Å². The first-order valence-electron chi connectivity index (χ1n) is 9.63. The first-order chi connectivity index (χ1) is 13.4. The smallest absolute Gasteiger partial charge is 0.274 e. The lowest BCUT2D eigenvalue weighted by atomic mass is 9.93. The molecule has 3 aromatic rings. The third-order valence-corrected chi connectivity index (χ3v) is 5.44. The Bertz CT molecular complexity index is 1020. The van der Waals surface area contributed by atoms with Crippen molar-refractivity contribution in [3.63, 3.8) is 0 Å². The molecule has 2 heterocycles. The van der Waals surface area contributed by atoms with E-state index < -0.39 is 0 Å². The second-order valence-corrected chi connectivity index (χ2v) is 7.70. The molecule has 0 atom stereocenters. The zero-order chi connectivity index (χ0) is 19.8. The molecule has 4 rings (SSSR count). The second-order valence-electron chi connectivity index (χ2n) is 7.70. The van der Waals surface area contributed by atoms with Crippen LogP contribution >= 0.6 is 0 Å². The number of benzene rings is 2. The number of aromatic nitrogens is 2. The molecule has 0 unspecified atom stereocenters. The summed E-state index contributed by atoms with van der Waals surface area (Å²) < 4.78 is 14.9. The molecule has 0 saturated heterocycles. The van der Waals surface area contributed by atoms with Crippen LogP contribution in [0.5, 0.6) is 0 Å². The summed E-state index contributed by atoms with van der Waals surface area (Å²) in [4.78, 5) is 14.9. The van der Waals surface area contributed by atoms with Crippen molar-refractivity contribution >= 4 is 5.91 Å². The number of aryl methyl sites for hydroxylation is 1. The number of fused-ring (bicyclic) bond motifs is 1. The second kappa shape index (κ2) is 7.23. The maximum absolute atomic E-state index is 13.2. The van der Waals surface area contributed by atoms with Gasteiger partial charge in [0.2, 0.25) is 0 Å². The van der Waals surface area contributed by atoms with Gasteiger partial charge in [0.05, 0.1) is 5.69 Å². The van der Waals surface area contributed by atoms with Crippen LogP contribution in [0.1, 0.15) is 46.9 Å². The maximum atomic E-state index is 13.2. The van der Waals surface area contributed by atoms with E-state index >= 15 is 0 Å². The SMILES string of the molecule is CC(C)c1ccc2c(c1)CN(C(=O)c1cc(-c3ccc(F)cc3)n(C)n1)CC2. The summed E-state index contributed by atoms with van der Waals surface area (Å²) in [7, 11) is 1.80. The summed E-state index contributed by atoms with van der Waals surface area (Å²) in [5, 5.41) is 4.42. The Balaban J connectivity index is 1.58. The van der Waals surface area contributed by atoms with E-state index in [1.54, 1.807) is 29.9 Å². The van der Waals surface area contributed by atoms with Crippen LogP contribution in [0.25, 0.3) is 11.3 Å². The van der Waals surface area contributed by atoms with Gasteiger partial charge in [-0.05, 0) is 64.9 Å². The first-order valence-corrected chi connectivity index (χ1v) is 9.63. The topological polar surface area (TPSA) is 38.1 Å². The van der Waals surface area contributed by atoms with Crippen LogP contribution in [0.2, 0.25) is 0 Å². The monoisotopic (exact) mass is 377 g/mol. The lowest BCUT2D eigenvalue weighted by Crippen LogP contribution is -2.36. The molecule has 144 valence electrons. The summed E-state index contributed by atoms with van der Waals surface area (Å²) in [6, 6.07) is 14.6. The van der Waals surface area contributed by atoms with Crippen molar-refractivity contribution in [2.24, 2.45) is 7.05 Å². The molecule has 2 aromatic carbocycles. The summed E-state index contributed by atoms with van der Waals surface area (Å²) in [6.07, 6.45) is 0.858. The molecule has 0 bridgehead atoms. The van der Waals surface area contributed by atoms with Crippen LogP contribution in [-0.4, -0.2) is 27.1 Å². The number of rotatable bonds is 3. The number of hydrogen-bond donors (Lipinski definition) is 0. The molecule has 5 heteroatoms. The highest BCUT2D eigenvalue weighted by molar-refractivity contribution is 5.93. The molecule has 0 spiro atoms. The molecule has 1 aromatic heterocycles. The number of carbonyl (C=O) groups excluding carboxylic acids is 1. The van der Waals surface area contributed by atoms with Crippen molar-refractivity contribution < 1.29 is 9.18 Å². The molecule has 1 aliphatic rings. The average Bonchev–Trinajstić information content (AvgIpc) is 3.08. The van der Waals surface area contributed by atoms with Crippen LogP contribution in [-0.2, 0) is 20.0 Å². The Morgan fingerprint density at radius 2 is 1.82 bits per heavy atom. The summed E-state index contributed by atoms with van der Waals surface area (Å²) in [6.45, 7) is 5.66. The van der Waals surface area contributed by atoms with E-state index in [1.165, 1.54) is 28.8 Å². The van der Waals surface area contributed by atoms with E-state index in [-0.39, 0.29) is 11.7 Å². The minimum Gasteiger partial charge on any atom is -0.333 e. The highest BCUT2D eigenvalue weighted by Crippen LogP contribution is 2.26. The number of nitrogens with zero attached hydrogens (tertiary/aromatic N) is 3. The van der Waals surface area contributed by atoms with Crippen molar-refractivity contribution in [3.8, 4) is 11.3 Å². The zero-order valence-electron chi connectivity index (χ0n) is 16.4. The first kappa shape index (κ1) is 18.4. The molecule has 0 radical (unpaired) electrons. The summed E-state index contributed by atoms with van der Waals surface area (Å²) in [5.41, 5.74) is 5.89. The quantitative estimate of drug-likeness (QED) is 0.672. The maximum Gasteiger partial charge on any atom is 0.274 e. The molecule has 28 heavy (non-hydrogen) atoms. The number of carbonyl (C=O) groups is 1. The lowest BCUT2D eigenvalue weighted by Gasteiger charge is -2.29. The minimum absolute atomic E-state index is 0.0652. The average molecular weight is 377 g/mol. The highest BCUT2D eigenvalue weighted by atomic mass is 19.1. The van der Waals surface area contributed by atoms with Gasteiger partial charge in [-0.15, -0.1) is 0 Å². The molecule has 1 aliphatic heterocycles. The Hall–Kier alpha value is -2.95. The Morgan fingerprint density at radius 3 is 2.54 bits per heavy atom. The molecule has 0 N–H and O–H groups in total.